The number of aromatic nitrogens is 4. The fourth-order valence-corrected chi connectivity index (χ4v) is 5.07. The first-order valence-corrected chi connectivity index (χ1v) is 13.8. The Labute approximate surface area is 252 Å². The summed E-state index contributed by atoms with van der Waals surface area (Å²) < 4.78 is 95.0. The molecule has 0 spiro atoms. The predicted molar refractivity (Wildman–Crippen MR) is 150 cm³/mol. The van der Waals surface area contributed by atoms with Crippen LogP contribution in [0.4, 0.5) is 26.3 Å². The van der Waals surface area contributed by atoms with E-state index in [0.717, 1.165) is 24.4 Å². The van der Waals surface area contributed by atoms with Gasteiger partial charge in [-0.25, -0.2) is 32.3 Å². The molecule has 1 aliphatic rings. The minimum atomic E-state index is -1.38. The van der Waals surface area contributed by atoms with Gasteiger partial charge in [-0.3, -0.25) is 4.39 Å². The Morgan fingerprint density at radius 2 is 1.69 bits per heavy atom. The molecular weight excluding hydrogens is 602 g/mol. The molecule has 1 fully saturated rings. The van der Waals surface area contributed by atoms with E-state index in [1.165, 1.54) is 22.8 Å². The van der Waals surface area contributed by atoms with E-state index < -0.39 is 64.4 Å². The number of nitrogens with zero attached hydrogens (tertiary/aromatic N) is 4. The third kappa shape index (κ3) is 5.94. The van der Waals surface area contributed by atoms with Gasteiger partial charge in [0.2, 0.25) is 5.82 Å². The smallest absolute Gasteiger partial charge is 0.335 e. The number of fused-ring (bicyclic) bond motifs is 1. The molecular formula is C32H24F6N4O3. The summed E-state index contributed by atoms with van der Waals surface area (Å²) in [4.78, 5) is 23.4. The molecule has 2 aromatic heterocycles. The number of rotatable bonds is 10. The fraction of sp³-hybridized carbons (Fsp3) is 0.250. The average Bonchev–Trinajstić information content (AvgIpc) is 3.70. The standard InChI is InChI=1S/C32H24F6N4O3/c1-16-2-3-17(21(34)6-16)13-45-30-25(38)12-39-29(41-30)20-11-22(35)18(7-23(20)36)10-27-40-28-24(37)8-19(31(43)44)9-26(28)42(27)15-32(14-33)4-5-32/h2-3,6-9,11-12H,4-5,10,13-15H2,1H3,(H,43,44). The first-order chi connectivity index (χ1) is 21.5. The maximum Gasteiger partial charge on any atom is 0.335 e. The minimum absolute atomic E-state index is 0.0404. The molecule has 6 rings (SSSR count). The summed E-state index contributed by atoms with van der Waals surface area (Å²) >= 11 is 0. The number of benzene rings is 3. The topological polar surface area (TPSA) is 90.1 Å². The SMILES string of the molecule is Cc1ccc(COc2nc(-c3cc(F)c(Cc4nc5c(F)cc(C(=O)O)cc5n4CC4(CF)CC4)cc3F)ncc2F)c(F)c1. The maximum absolute atomic E-state index is 15.5. The molecule has 1 saturated carbocycles. The van der Waals surface area contributed by atoms with Crippen molar-refractivity contribution >= 4 is 17.0 Å². The van der Waals surface area contributed by atoms with E-state index in [9.17, 15) is 27.5 Å². The molecule has 13 heteroatoms. The largest absolute Gasteiger partial charge is 0.478 e. The van der Waals surface area contributed by atoms with E-state index in [1.54, 1.807) is 13.0 Å². The first kappa shape index (κ1) is 30.1. The van der Waals surface area contributed by atoms with Gasteiger partial charge in [0.25, 0.3) is 5.88 Å². The van der Waals surface area contributed by atoms with E-state index in [2.05, 4.69) is 15.0 Å². The Morgan fingerprint density at radius 1 is 0.933 bits per heavy atom. The van der Waals surface area contributed by atoms with E-state index in [1.807, 2.05) is 0 Å². The molecule has 232 valence electrons. The Morgan fingerprint density at radius 3 is 2.38 bits per heavy atom. The molecule has 2 heterocycles. The number of hydrogen-bond acceptors (Lipinski definition) is 5. The Hall–Kier alpha value is -4.94. The van der Waals surface area contributed by atoms with Crippen LogP contribution in [0, 0.1) is 41.4 Å². The van der Waals surface area contributed by atoms with Crippen LogP contribution in [0.5, 0.6) is 5.88 Å². The molecule has 0 radical (unpaired) electrons. The van der Waals surface area contributed by atoms with Crippen molar-refractivity contribution in [2.45, 2.75) is 39.3 Å². The highest BCUT2D eigenvalue weighted by molar-refractivity contribution is 5.92. The number of aryl methyl sites for hydroxylation is 1. The lowest BCUT2D eigenvalue weighted by Crippen LogP contribution is -2.16. The quantitative estimate of drug-likeness (QED) is 0.166. The second-order valence-electron chi connectivity index (χ2n) is 11.2. The molecule has 1 N–H and O–H groups in total. The van der Waals surface area contributed by atoms with Gasteiger partial charge in [0, 0.05) is 23.9 Å². The van der Waals surface area contributed by atoms with Crippen molar-refractivity contribution in [1.82, 2.24) is 19.5 Å². The van der Waals surface area contributed by atoms with Crippen molar-refractivity contribution < 1.29 is 41.0 Å². The van der Waals surface area contributed by atoms with Crippen molar-refractivity contribution in [3.8, 4) is 17.3 Å². The number of imidazole rings is 1. The summed E-state index contributed by atoms with van der Waals surface area (Å²) in [6.07, 6.45) is 1.47. The summed E-state index contributed by atoms with van der Waals surface area (Å²) in [5, 5.41) is 9.41. The zero-order valence-electron chi connectivity index (χ0n) is 23.7. The zero-order valence-corrected chi connectivity index (χ0v) is 23.7. The van der Waals surface area contributed by atoms with Crippen LogP contribution in [-0.2, 0) is 19.6 Å². The number of carbonyl (C=O) groups is 1. The molecule has 45 heavy (non-hydrogen) atoms. The third-order valence-corrected chi connectivity index (χ3v) is 7.88. The summed E-state index contributed by atoms with van der Waals surface area (Å²) in [7, 11) is 0. The highest BCUT2D eigenvalue weighted by atomic mass is 19.1. The number of alkyl halides is 1. The van der Waals surface area contributed by atoms with Gasteiger partial charge in [0.05, 0.1) is 29.5 Å². The van der Waals surface area contributed by atoms with Gasteiger partial charge in [-0.2, -0.15) is 9.37 Å². The molecule has 0 amide bonds. The number of hydrogen-bond donors (Lipinski definition) is 1. The van der Waals surface area contributed by atoms with Crippen LogP contribution < -0.4 is 4.74 Å². The van der Waals surface area contributed by atoms with Crippen LogP contribution in [0.1, 0.15) is 45.7 Å². The number of halogens is 6. The van der Waals surface area contributed by atoms with Gasteiger partial charge >= 0.3 is 5.97 Å². The molecule has 0 unspecified atom stereocenters. The van der Waals surface area contributed by atoms with E-state index in [-0.39, 0.29) is 53.1 Å². The Bertz CT molecular complexity index is 1980. The normalized spacial score (nSPS) is 13.8. The van der Waals surface area contributed by atoms with Gasteiger partial charge in [-0.05, 0) is 61.2 Å². The van der Waals surface area contributed by atoms with E-state index in [4.69, 9.17) is 4.74 Å². The van der Waals surface area contributed by atoms with Gasteiger partial charge in [-0.15, -0.1) is 0 Å². The second-order valence-corrected chi connectivity index (χ2v) is 11.2. The Balaban J connectivity index is 1.32. The van der Waals surface area contributed by atoms with Gasteiger partial charge in [-0.1, -0.05) is 12.1 Å². The average molecular weight is 627 g/mol. The summed E-state index contributed by atoms with van der Waals surface area (Å²) in [5.74, 6) is -6.66. The molecule has 0 aliphatic heterocycles. The van der Waals surface area contributed by atoms with Gasteiger partial charge in [0.15, 0.2) is 11.6 Å². The van der Waals surface area contributed by atoms with Crippen LogP contribution in [0.2, 0.25) is 0 Å². The van der Waals surface area contributed by atoms with Crippen LogP contribution >= 0.6 is 0 Å². The van der Waals surface area contributed by atoms with Crippen LogP contribution in [0.15, 0.2) is 48.7 Å². The highest BCUT2D eigenvalue weighted by Gasteiger charge is 2.44. The predicted octanol–water partition coefficient (Wildman–Crippen LogP) is 7.11. The van der Waals surface area contributed by atoms with Gasteiger partial charge < -0.3 is 14.4 Å². The maximum atomic E-state index is 15.5. The van der Waals surface area contributed by atoms with Crippen molar-refractivity contribution in [1.29, 1.82) is 0 Å². The lowest BCUT2D eigenvalue weighted by atomic mass is 10.1. The number of ether oxygens (including phenoxy) is 1. The van der Waals surface area contributed by atoms with Crippen molar-refractivity contribution in [3.63, 3.8) is 0 Å². The molecule has 0 bridgehead atoms. The van der Waals surface area contributed by atoms with Crippen LogP contribution in [0.25, 0.3) is 22.4 Å². The first-order valence-electron chi connectivity index (χ1n) is 13.8. The minimum Gasteiger partial charge on any atom is -0.478 e. The lowest BCUT2D eigenvalue weighted by molar-refractivity contribution is 0.0696. The molecule has 0 atom stereocenters. The monoisotopic (exact) mass is 626 g/mol. The Kier molecular flexibility index (Phi) is 7.71. The summed E-state index contributed by atoms with van der Waals surface area (Å²) in [6, 6.07) is 8.09. The third-order valence-electron chi connectivity index (χ3n) is 7.88. The van der Waals surface area contributed by atoms with Gasteiger partial charge in [0.1, 0.15) is 35.4 Å². The highest BCUT2D eigenvalue weighted by Crippen LogP contribution is 2.48. The molecule has 1 aliphatic carbocycles. The fourth-order valence-electron chi connectivity index (χ4n) is 5.07. The second kappa shape index (κ2) is 11.5. The van der Waals surface area contributed by atoms with E-state index in [0.29, 0.717) is 18.4 Å². The molecule has 0 saturated heterocycles. The summed E-state index contributed by atoms with van der Waals surface area (Å²) in [5.41, 5.74) is -0.963. The van der Waals surface area contributed by atoms with E-state index >= 15 is 8.78 Å². The van der Waals surface area contributed by atoms with Crippen LogP contribution in [-0.4, -0.2) is 37.3 Å². The lowest BCUT2D eigenvalue weighted by Gasteiger charge is -2.16. The van der Waals surface area contributed by atoms with Crippen molar-refractivity contribution in [2.24, 2.45) is 5.41 Å². The molecule has 3 aromatic carbocycles. The van der Waals surface area contributed by atoms with Crippen molar-refractivity contribution in [3.05, 3.63) is 106 Å². The van der Waals surface area contributed by atoms with Crippen molar-refractivity contribution in [2.75, 3.05) is 6.67 Å². The number of aromatic carboxylic acids is 1. The number of carboxylic acids is 1. The van der Waals surface area contributed by atoms with Crippen LogP contribution in [0.3, 0.4) is 0 Å². The molecule has 5 aromatic rings. The number of carboxylic acid groups (broad SMARTS) is 1. The summed E-state index contributed by atoms with van der Waals surface area (Å²) in [6.45, 7) is 0.688. The molecule has 7 nitrogen and oxygen atoms in total. The zero-order chi connectivity index (χ0) is 32.0.